The Hall–Kier alpha value is -3.11. The minimum absolute atomic E-state index is 0.0728. The molecule has 2 amide bonds. The van der Waals surface area contributed by atoms with Gasteiger partial charge in [0.1, 0.15) is 5.75 Å². The zero-order valence-corrected chi connectivity index (χ0v) is 18.0. The number of anilines is 2. The van der Waals surface area contributed by atoms with Crippen LogP contribution >= 0.6 is 11.8 Å². The van der Waals surface area contributed by atoms with Crippen molar-refractivity contribution in [3.63, 3.8) is 0 Å². The Balaban J connectivity index is 2.03. The number of rotatable bonds is 9. The van der Waals surface area contributed by atoms with Gasteiger partial charge in [-0.15, -0.1) is 11.8 Å². The van der Waals surface area contributed by atoms with E-state index in [1.807, 2.05) is 30.5 Å². The Morgan fingerprint density at radius 1 is 1.20 bits per heavy atom. The molecule has 0 spiro atoms. The number of para-hydroxylation sites is 1. The molecule has 0 radical (unpaired) electrons. The number of methoxy groups -OCH3 is 1. The molecule has 0 saturated carbocycles. The van der Waals surface area contributed by atoms with Crippen molar-refractivity contribution in [2.75, 3.05) is 37.6 Å². The third-order valence-electron chi connectivity index (χ3n) is 4.60. The van der Waals surface area contributed by atoms with Crippen molar-refractivity contribution >= 4 is 40.6 Å². The second-order valence-corrected chi connectivity index (χ2v) is 7.47. The lowest BCUT2D eigenvalue weighted by Crippen LogP contribution is -3.14. The quantitative estimate of drug-likeness (QED) is 0.316. The van der Waals surface area contributed by atoms with Crippen molar-refractivity contribution in [2.24, 2.45) is 0 Å². The van der Waals surface area contributed by atoms with Crippen LogP contribution in [0, 0.1) is 10.1 Å². The number of likely N-dealkylation sites (N-methyl/N-ethyl adjacent to an activating group) is 1. The first kappa shape index (κ1) is 23.2. The van der Waals surface area contributed by atoms with E-state index in [-0.39, 0.29) is 29.7 Å². The van der Waals surface area contributed by atoms with Crippen LogP contribution in [0.5, 0.6) is 5.75 Å². The van der Waals surface area contributed by atoms with Crippen LogP contribution in [0.4, 0.5) is 17.1 Å². The summed E-state index contributed by atoms with van der Waals surface area (Å²) in [5, 5.41) is 16.5. The van der Waals surface area contributed by atoms with Crippen molar-refractivity contribution in [1.82, 2.24) is 0 Å². The van der Waals surface area contributed by atoms with Gasteiger partial charge in [0.15, 0.2) is 12.6 Å². The SMILES string of the molecule is COc1ccc([N+](=O)[O-])cc1NC(=O)[C@H](C)[NH+](C)CC(=O)Nc1ccccc1SC. The second kappa shape index (κ2) is 10.6. The number of carbonyl (C=O) groups excluding carboxylic acids is 2. The van der Waals surface area contributed by atoms with E-state index in [9.17, 15) is 19.7 Å². The normalized spacial score (nSPS) is 12.5. The largest absolute Gasteiger partial charge is 0.495 e. The zero-order valence-electron chi connectivity index (χ0n) is 17.2. The summed E-state index contributed by atoms with van der Waals surface area (Å²) in [6.45, 7) is 1.75. The fourth-order valence-corrected chi connectivity index (χ4v) is 3.27. The molecule has 0 heterocycles. The van der Waals surface area contributed by atoms with Crippen LogP contribution in [0.1, 0.15) is 6.92 Å². The van der Waals surface area contributed by atoms with Crippen LogP contribution in [0.3, 0.4) is 0 Å². The van der Waals surface area contributed by atoms with E-state index in [4.69, 9.17) is 4.74 Å². The fraction of sp³-hybridized carbons (Fsp3) is 0.300. The van der Waals surface area contributed by atoms with Crippen LogP contribution in [0.2, 0.25) is 0 Å². The first-order chi connectivity index (χ1) is 14.3. The third kappa shape index (κ3) is 5.94. The number of nitro groups is 1. The highest BCUT2D eigenvalue weighted by Crippen LogP contribution is 2.29. The lowest BCUT2D eigenvalue weighted by molar-refractivity contribution is -0.885. The molecular formula is C20H25N4O5S+. The van der Waals surface area contributed by atoms with Crippen LogP contribution < -0.4 is 20.3 Å². The minimum Gasteiger partial charge on any atom is -0.495 e. The summed E-state index contributed by atoms with van der Waals surface area (Å²) < 4.78 is 5.16. The highest BCUT2D eigenvalue weighted by molar-refractivity contribution is 7.98. The van der Waals surface area contributed by atoms with Gasteiger partial charge in [0.2, 0.25) is 0 Å². The monoisotopic (exact) mass is 433 g/mol. The zero-order chi connectivity index (χ0) is 22.3. The molecule has 3 N–H and O–H groups in total. The predicted octanol–water partition coefficient (Wildman–Crippen LogP) is 1.81. The van der Waals surface area contributed by atoms with Crippen LogP contribution in [-0.2, 0) is 9.59 Å². The van der Waals surface area contributed by atoms with E-state index >= 15 is 0 Å². The number of nitro benzene ring substituents is 1. The second-order valence-electron chi connectivity index (χ2n) is 6.62. The summed E-state index contributed by atoms with van der Waals surface area (Å²) in [7, 11) is 3.14. The molecule has 0 saturated heterocycles. The standard InChI is InChI=1S/C20H24N4O5S/c1-13(20(26)22-16-11-14(24(27)28)9-10-17(16)29-3)23(2)12-19(25)21-15-7-5-6-8-18(15)30-4/h5-11,13H,12H2,1-4H3,(H,21,25)(H,22,26)/p+1/t13-/m0/s1. The molecular weight excluding hydrogens is 408 g/mol. The molecule has 0 bridgehead atoms. The number of ether oxygens (including phenoxy) is 1. The first-order valence-electron chi connectivity index (χ1n) is 9.15. The van der Waals surface area contributed by atoms with Gasteiger partial charge in [-0.05, 0) is 31.4 Å². The van der Waals surface area contributed by atoms with Gasteiger partial charge in [-0.3, -0.25) is 19.7 Å². The van der Waals surface area contributed by atoms with Gasteiger partial charge in [-0.2, -0.15) is 0 Å². The number of carbonyl (C=O) groups is 2. The number of benzene rings is 2. The minimum atomic E-state index is -0.587. The number of amides is 2. The lowest BCUT2D eigenvalue weighted by Gasteiger charge is -2.21. The van der Waals surface area contributed by atoms with Crippen molar-refractivity contribution < 1.29 is 24.1 Å². The Kier molecular flexibility index (Phi) is 8.19. The number of quaternary nitrogens is 1. The van der Waals surface area contributed by atoms with Gasteiger partial charge < -0.3 is 20.3 Å². The summed E-state index contributed by atoms with van der Waals surface area (Å²) in [6, 6.07) is 10.9. The summed E-state index contributed by atoms with van der Waals surface area (Å²) in [4.78, 5) is 37.1. The van der Waals surface area contributed by atoms with Crippen molar-refractivity contribution in [3.05, 3.63) is 52.6 Å². The number of nitrogens with one attached hydrogen (secondary N) is 3. The van der Waals surface area contributed by atoms with E-state index in [2.05, 4.69) is 10.6 Å². The highest BCUT2D eigenvalue weighted by Gasteiger charge is 2.25. The van der Waals surface area contributed by atoms with Gasteiger partial charge in [0.05, 0.1) is 30.5 Å². The molecule has 2 aromatic rings. The van der Waals surface area contributed by atoms with Gasteiger partial charge in [-0.25, -0.2) is 0 Å². The molecule has 0 aliphatic carbocycles. The van der Waals surface area contributed by atoms with Gasteiger partial charge in [0.25, 0.3) is 17.5 Å². The van der Waals surface area contributed by atoms with Crippen molar-refractivity contribution in [2.45, 2.75) is 17.9 Å². The molecule has 0 fully saturated rings. The molecule has 2 atom stereocenters. The van der Waals surface area contributed by atoms with Crippen LogP contribution in [0.15, 0.2) is 47.4 Å². The number of hydrogen-bond acceptors (Lipinski definition) is 6. The summed E-state index contributed by atoms with van der Waals surface area (Å²) in [6.07, 6.45) is 1.93. The van der Waals surface area contributed by atoms with Gasteiger partial charge in [0, 0.05) is 17.0 Å². The van der Waals surface area contributed by atoms with E-state index < -0.39 is 11.0 Å². The van der Waals surface area contributed by atoms with Gasteiger partial charge in [-0.1, -0.05) is 12.1 Å². The van der Waals surface area contributed by atoms with E-state index in [1.54, 1.807) is 14.0 Å². The maximum atomic E-state index is 12.7. The fourth-order valence-electron chi connectivity index (χ4n) is 2.72. The maximum absolute atomic E-state index is 12.7. The van der Waals surface area contributed by atoms with E-state index in [1.165, 1.54) is 37.1 Å². The van der Waals surface area contributed by atoms with Crippen LogP contribution in [-0.4, -0.2) is 49.7 Å². The highest BCUT2D eigenvalue weighted by atomic mass is 32.2. The molecule has 0 aliphatic rings. The summed E-state index contributed by atoms with van der Waals surface area (Å²) in [5.74, 6) is -0.296. The summed E-state index contributed by atoms with van der Waals surface area (Å²) in [5.41, 5.74) is 0.766. The average Bonchev–Trinajstić information content (AvgIpc) is 2.73. The Morgan fingerprint density at radius 2 is 1.90 bits per heavy atom. The summed E-state index contributed by atoms with van der Waals surface area (Å²) >= 11 is 1.53. The molecule has 10 heteroatoms. The first-order valence-corrected chi connectivity index (χ1v) is 10.4. The molecule has 2 aromatic carbocycles. The number of nitrogens with zero attached hydrogens (tertiary/aromatic N) is 1. The topological polar surface area (TPSA) is 115 Å². The maximum Gasteiger partial charge on any atom is 0.282 e. The van der Waals surface area contributed by atoms with E-state index in [0.717, 1.165) is 10.6 Å². The third-order valence-corrected chi connectivity index (χ3v) is 5.40. The molecule has 9 nitrogen and oxygen atoms in total. The molecule has 30 heavy (non-hydrogen) atoms. The van der Waals surface area contributed by atoms with Crippen LogP contribution in [0.25, 0.3) is 0 Å². The molecule has 0 aliphatic heterocycles. The van der Waals surface area contributed by atoms with Crippen molar-refractivity contribution in [3.8, 4) is 5.75 Å². The number of thioether (sulfide) groups is 1. The Morgan fingerprint density at radius 3 is 2.53 bits per heavy atom. The predicted molar refractivity (Wildman–Crippen MR) is 116 cm³/mol. The molecule has 0 aromatic heterocycles. The smallest absolute Gasteiger partial charge is 0.282 e. The van der Waals surface area contributed by atoms with Gasteiger partial charge >= 0.3 is 0 Å². The van der Waals surface area contributed by atoms with E-state index in [0.29, 0.717) is 10.6 Å². The Labute approximate surface area is 178 Å². The number of hydrogen-bond donors (Lipinski definition) is 3. The Bertz CT molecular complexity index is 937. The van der Waals surface area contributed by atoms with Crippen molar-refractivity contribution in [1.29, 1.82) is 0 Å². The number of non-ortho nitro benzene ring substituents is 1. The molecule has 1 unspecified atom stereocenters. The average molecular weight is 434 g/mol. The molecule has 160 valence electrons. The lowest BCUT2D eigenvalue weighted by atomic mass is 10.2. The molecule has 2 rings (SSSR count).